The van der Waals surface area contributed by atoms with E-state index in [9.17, 15) is 0 Å². The van der Waals surface area contributed by atoms with E-state index >= 15 is 0 Å². The van der Waals surface area contributed by atoms with E-state index in [2.05, 4.69) is 0 Å². The van der Waals surface area contributed by atoms with Crippen LogP contribution >= 0.6 is 23.2 Å². The van der Waals surface area contributed by atoms with Crippen LogP contribution in [0.15, 0.2) is 12.1 Å². The summed E-state index contributed by atoms with van der Waals surface area (Å²) in [5.41, 5.74) is 2.37. The smallest absolute Gasteiger partial charge is 0.138 e. The van der Waals surface area contributed by atoms with Crippen molar-refractivity contribution in [3.63, 3.8) is 0 Å². The maximum Gasteiger partial charge on any atom is 0.138 e. The van der Waals surface area contributed by atoms with Crippen LogP contribution in [-0.2, 0) is 6.42 Å². The minimum atomic E-state index is 0.616. The second-order valence-corrected chi connectivity index (χ2v) is 3.87. The molecule has 0 unspecified atom stereocenters. The van der Waals surface area contributed by atoms with Gasteiger partial charge in [0.15, 0.2) is 0 Å². The largest absolute Gasteiger partial charge is 0.492 e. The van der Waals surface area contributed by atoms with Crippen molar-refractivity contribution in [2.75, 3.05) is 12.5 Å². The number of ether oxygens (including phenoxy) is 1. The Labute approximate surface area is 95.0 Å². The van der Waals surface area contributed by atoms with Gasteiger partial charge in [-0.25, -0.2) is 0 Å². The van der Waals surface area contributed by atoms with E-state index in [0.29, 0.717) is 17.5 Å². The monoisotopic (exact) mass is 232 g/mol. The molecule has 0 radical (unpaired) electrons. The predicted octanol–water partition coefficient (Wildman–Crippen LogP) is 3.83. The third-order valence-corrected chi connectivity index (χ3v) is 2.54. The van der Waals surface area contributed by atoms with Gasteiger partial charge in [0.05, 0.1) is 11.6 Å². The summed E-state index contributed by atoms with van der Waals surface area (Å²) in [5, 5.41) is 0.664. The number of alkyl halides is 1. The molecule has 0 saturated heterocycles. The first-order chi connectivity index (χ1) is 6.69. The van der Waals surface area contributed by atoms with Crippen LogP contribution in [0.5, 0.6) is 5.75 Å². The highest BCUT2D eigenvalue weighted by atomic mass is 35.5. The first kappa shape index (κ1) is 11.7. The van der Waals surface area contributed by atoms with Gasteiger partial charge in [-0.15, -0.1) is 11.6 Å². The first-order valence-corrected chi connectivity index (χ1v) is 5.58. The molecule has 3 heteroatoms. The van der Waals surface area contributed by atoms with Gasteiger partial charge >= 0.3 is 0 Å². The molecule has 1 rings (SSSR count). The van der Waals surface area contributed by atoms with Gasteiger partial charge in [-0.2, -0.15) is 0 Å². The predicted molar refractivity (Wildman–Crippen MR) is 61.8 cm³/mol. The Morgan fingerprint density at radius 2 is 2.07 bits per heavy atom. The summed E-state index contributed by atoms with van der Waals surface area (Å²) >= 11 is 11.7. The molecule has 14 heavy (non-hydrogen) atoms. The Morgan fingerprint density at radius 3 is 2.64 bits per heavy atom. The molecule has 78 valence electrons. The topological polar surface area (TPSA) is 9.23 Å². The lowest BCUT2D eigenvalue weighted by atomic mass is 10.1. The van der Waals surface area contributed by atoms with E-state index in [4.69, 9.17) is 27.9 Å². The lowest BCUT2D eigenvalue weighted by Crippen LogP contribution is -1.96. The van der Waals surface area contributed by atoms with Gasteiger partial charge in [0.2, 0.25) is 0 Å². The Balaban J connectivity index is 2.97. The van der Waals surface area contributed by atoms with Gasteiger partial charge < -0.3 is 4.74 Å². The minimum absolute atomic E-state index is 0.616. The number of rotatable bonds is 4. The maximum absolute atomic E-state index is 6.05. The zero-order valence-corrected chi connectivity index (χ0v) is 9.95. The van der Waals surface area contributed by atoms with Crippen LogP contribution < -0.4 is 4.74 Å². The quantitative estimate of drug-likeness (QED) is 0.718. The highest BCUT2D eigenvalue weighted by Gasteiger charge is 2.05. The van der Waals surface area contributed by atoms with Crippen LogP contribution in [0, 0.1) is 6.92 Å². The lowest BCUT2D eigenvalue weighted by Gasteiger charge is -2.10. The van der Waals surface area contributed by atoms with E-state index in [1.54, 1.807) is 0 Å². The van der Waals surface area contributed by atoms with Crippen molar-refractivity contribution >= 4 is 23.2 Å². The molecule has 0 aliphatic carbocycles. The third kappa shape index (κ3) is 2.79. The van der Waals surface area contributed by atoms with Crippen LogP contribution in [0.4, 0.5) is 0 Å². The number of hydrogen-bond donors (Lipinski definition) is 0. The van der Waals surface area contributed by atoms with Gasteiger partial charge in [0, 0.05) is 5.88 Å². The SMILES string of the molecule is CCOc1cc(C)c(CCCl)cc1Cl. The minimum Gasteiger partial charge on any atom is -0.492 e. The molecule has 0 spiro atoms. The van der Waals surface area contributed by atoms with Crippen molar-refractivity contribution in [1.82, 2.24) is 0 Å². The fourth-order valence-corrected chi connectivity index (χ4v) is 1.78. The lowest BCUT2D eigenvalue weighted by molar-refractivity contribution is 0.340. The Hall–Kier alpha value is -0.400. The molecule has 0 heterocycles. The van der Waals surface area contributed by atoms with Gasteiger partial charge in [0.1, 0.15) is 5.75 Å². The summed E-state index contributed by atoms with van der Waals surface area (Å²) < 4.78 is 5.39. The van der Waals surface area contributed by atoms with Gasteiger partial charge in [-0.1, -0.05) is 11.6 Å². The number of halogens is 2. The summed E-state index contributed by atoms with van der Waals surface area (Å²) in [6.07, 6.45) is 0.847. The van der Waals surface area contributed by atoms with Crippen molar-refractivity contribution < 1.29 is 4.74 Å². The molecule has 1 aromatic rings. The summed E-state index contributed by atoms with van der Waals surface area (Å²) in [7, 11) is 0. The molecular weight excluding hydrogens is 219 g/mol. The summed E-state index contributed by atoms with van der Waals surface area (Å²) in [4.78, 5) is 0. The molecule has 0 bridgehead atoms. The Morgan fingerprint density at radius 1 is 1.36 bits per heavy atom. The standard InChI is InChI=1S/C11H14Cl2O/c1-3-14-11-6-8(2)9(4-5-12)7-10(11)13/h6-7H,3-5H2,1-2H3. The van der Waals surface area contributed by atoms with Gasteiger partial charge in [-0.05, 0) is 43.5 Å². The normalized spacial score (nSPS) is 10.3. The zero-order chi connectivity index (χ0) is 10.6. The molecule has 0 N–H and O–H groups in total. The van der Waals surface area contributed by atoms with Crippen LogP contribution in [0.2, 0.25) is 5.02 Å². The van der Waals surface area contributed by atoms with E-state index in [1.807, 2.05) is 26.0 Å². The van der Waals surface area contributed by atoms with Gasteiger partial charge in [0.25, 0.3) is 0 Å². The molecule has 0 fully saturated rings. The van der Waals surface area contributed by atoms with E-state index in [1.165, 1.54) is 11.1 Å². The van der Waals surface area contributed by atoms with E-state index in [0.717, 1.165) is 12.2 Å². The van der Waals surface area contributed by atoms with Crippen LogP contribution in [0.3, 0.4) is 0 Å². The van der Waals surface area contributed by atoms with Crippen LogP contribution in [0.1, 0.15) is 18.1 Å². The van der Waals surface area contributed by atoms with Crippen molar-refractivity contribution in [3.8, 4) is 5.75 Å². The van der Waals surface area contributed by atoms with Gasteiger partial charge in [-0.3, -0.25) is 0 Å². The van der Waals surface area contributed by atoms with E-state index < -0.39 is 0 Å². The molecule has 0 aromatic heterocycles. The fourth-order valence-electron chi connectivity index (χ4n) is 1.33. The van der Waals surface area contributed by atoms with Crippen molar-refractivity contribution in [2.45, 2.75) is 20.3 Å². The second kappa shape index (κ2) is 5.47. The third-order valence-electron chi connectivity index (χ3n) is 2.05. The number of aryl methyl sites for hydroxylation is 2. The van der Waals surface area contributed by atoms with Crippen molar-refractivity contribution in [3.05, 3.63) is 28.3 Å². The summed E-state index contributed by atoms with van der Waals surface area (Å²) in [6, 6.07) is 3.90. The molecule has 0 atom stereocenters. The average molecular weight is 233 g/mol. The average Bonchev–Trinajstić information content (AvgIpc) is 2.14. The molecule has 1 nitrogen and oxygen atoms in total. The summed E-state index contributed by atoms with van der Waals surface area (Å²) in [6.45, 7) is 4.62. The molecular formula is C11H14Cl2O. The molecule has 0 aliphatic heterocycles. The van der Waals surface area contributed by atoms with Crippen LogP contribution in [-0.4, -0.2) is 12.5 Å². The highest BCUT2D eigenvalue weighted by molar-refractivity contribution is 6.32. The number of benzene rings is 1. The van der Waals surface area contributed by atoms with Crippen molar-refractivity contribution in [1.29, 1.82) is 0 Å². The molecule has 0 saturated carbocycles. The summed E-state index contributed by atoms with van der Waals surface area (Å²) in [5.74, 6) is 1.37. The number of hydrogen-bond acceptors (Lipinski definition) is 1. The molecule has 0 aliphatic rings. The second-order valence-electron chi connectivity index (χ2n) is 3.08. The highest BCUT2D eigenvalue weighted by Crippen LogP contribution is 2.28. The van der Waals surface area contributed by atoms with Crippen molar-refractivity contribution in [2.24, 2.45) is 0 Å². The maximum atomic E-state index is 6.05. The fraction of sp³-hybridized carbons (Fsp3) is 0.455. The van der Waals surface area contributed by atoms with E-state index in [-0.39, 0.29) is 0 Å². The Bertz CT molecular complexity index is 279. The Kier molecular flexibility index (Phi) is 4.56. The molecule has 1 aromatic carbocycles. The first-order valence-electron chi connectivity index (χ1n) is 4.66. The zero-order valence-electron chi connectivity index (χ0n) is 8.44. The van der Waals surface area contributed by atoms with Crippen LogP contribution in [0.25, 0.3) is 0 Å². The molecule has 0 amide bonds.